The SMILES string of the molecule is CCCCSC(CS)SCCCC. The maximum Gasteiger partial charge on any atom is 0.0590 e. The lowest BCUT2D eigenvalue weighted by molar-refractivity contribution is 0.893. The van der Waals surface area contributed by atoms with E-state index >= 15 is 0 Å². The molecule has 0 spiro atoms. The fourth-order valence-electron chi connectivity index (χ4n) is 0.872. The minimum Gasteiger partial charge on any atom is -0.177 e. The van der Waals surface area contributed by atoms with E-state index in [2.05, 4.69) is 50.0 Å². The fraction of sp³-hybridized carbons (Fsp3) is 1.00. The number of hydrogen-bond acceptors (Lipinski definition) is 3. The van der Waals surface area contributed by atoms with Crippen LogP contribution < -0.4 is 0 Å². The van der Waals surface area contributed by atoms with Crippen molar-refractivity contribution in [1.29, 1.82) is 0 Å². The Bertz CT molecular complexity index is 86.2. The largest absolute Gasteiger partial charge is 0.177 e. The Labute approximate surface area is 97.4 Å². The summed E-state index contributed by atoms with van der Waals surface area (Å²) in [7, 11) is 0. The van der Waals surface area contributed by atoms with Crippen molar-refractivity contribution >= 4 is 36.2 Å². The van der Waals surface area contributed by atoms with Crippen molar-refractivity contribution in [1.82, 2.24) is 0 Å². The van der Waals surface area contributed by atoms with Gasteiger partial charge < -0.3 is 0 Å². The van der Waals surface area contributed by atoms with Gasteiger partial charge in [0.2, 0.25) is 0 Å². The lowest BCUT2D eigenvalue weighted by atomic mass is 10.4. The summed E-state index contributed by atoms with van der Waals surface area (Å²) >= 11 is 8.54. The molecule has 0 amide bonds. The Morgan fingerprint density at radius 2 is 1.46 bits per heavy atom. The van der Waals surface area contributed by atoms with E-state index in [0.717, 1.165) is 10.3 Å². The molecule has 0 aromatic heterocycles. The average Bonchev–Trinajstić information content (AvgIpc) is 2.16. The topological polar surface area (TPSA) is 0 Å². The second-order valence-electron chi connectivity index (χ2n) is 3.06. The molecule has 0 atom stereocenters. The van der Waals surface area contributed by atoms with Gasteiger partial charge in [0.05, 0.1) is 4.58 Å². The maximum absolute atomic E-state index is 4.38. The summed E-state index contributed by atoms with van der Waals surface area (Å²) in [6.07, 6.45) is 5.32. The summed E-state index contributed by atoms with van der Waals surface area (Å²) in [5.41, 5.74) is 0. The zero-order valence-electron chi connectivity index (χ0n) is 8.79. The average molecular weight is 238 g/mol. The molecular weight excluding hydrogens is 216 g/mol. The van der Waals surface area contributed by atoms with Gasteiger partial charge in [0.25, 0.3) is 0 Å². The van der Waals surface area contributed by atoms with Gasteiger partial charge in [0, 0.05) is 5.75 Å². The number of hydrogen-bond donors (Lipinski definition) is 1. The van der Waals surface area contributed by atoms with Crippen molar-refractivity contribution in [2.75, 3.05) is 17.3 Å². The first-order valence-corrected chi connectivity index (χ1v) is 7.92. The Kier molecular flexibility index (Phi) is 12.0. The molecule has 0 radical (unpaired) electrons. The van der Waals surface area contributed by atoms with E-state index in [1.165, 1.54) is 37.2 Å². The first kappa shape index (κ1) is 14.1. The molecular formula is C10H22S3. The van der Waals surface area contributed by atoms with Gasteiger partial charge in [-0.15, -0.1) is 23.5 Å². The summed E-state index contributed by atoms with van der Waals surface area (Å²) in [6.45, 7) is 4.50. The molecule has 13 heavy (non-hydrogen) atoms. The molecule has 0 aliphatic rings. The Morgan fingerprint density at radius 1 is 1.00 bits per heavy atom. The van der Waals surface area contributed by atoms with Gasteiger partial charge in [0.1, 0.15) is 0 Å². The quantitative estimate of drug-likeness (QED) is 0.361. The molecule has 0 saturated heterocycles. The monoisotopic (exact) mass is 238 g/mol. The van der Waals surface area contributed by atoms with Crippen molar-refractivity contribution in [3.8, 4) is 0 Å². The van der Waals surface area contributed by atoms with E-state index in [1.807, 2.05) is 0 Å². The zero-order valence-corrected chi connectivity index (χ0v) is 11.3. The normalized spacial score (nSPS) is 11.1. The second kappa shape index (κ2) is 11.1. The molecule has 0 bridgehead atoms. The van der Waals surface area contributed by atoms with Crippen LogP contribution in [-0.2, 0) is 0 Å². The van der Waals surface area contributed by atoms with Gasteiger partial charge in [-0.2, -0.15) is 12.6 Å². The van der Waals surface area contributed by atoms with Gasteiger partial charge in [-0.1, -0.05) is 26.7 Å². The summed E-state index contributed by atoms with van der Waals surface area (Å²) in [5.74, 6) is 3.63. The lowest BCUT2D eigenvalue weighted by Crippen LogP contribution is -2.01. The summed E-state index contributed by atoms with van der Waals surface area (Å²) in [5, 5.41) is 0. The molecule has 0 aromatic carbocycles. The molecule has 0 aliphatic carbocycles. The zero-order chi connectivity index (χ0) is 9.94. The third-order valence-electron chi connectivity index (χ3n) is 1.75. The number of thiol groups is 1. The van der Waals surface area contributed by atoms with E-state index in [4.69, 9.17) is 0 Å². The van der Waals surface area contributed by atoms with Crippen molar-refractivity contribution in [3.05, 3.63) is 0 Å². The van der Waals surface area contributed by atoms with E-state index in [0.29, 0.717) is 0 Å². The van der Waals surface area contributed by atoms with E-state index in [1.54, 1.807) is 0 Å². The minimum atomic E-state index is 0.724. The molecule has 0 nitrogen and oxygen atoms in total. The van der Waals surface area contributed by atoms with E-state index < -0.39 is 0 Å². The van der Waals surface area contributed by atoms with Gasteiger partial charge in [-0.05, 0) is 24.3 Å². The first-order chi connectivity index (χ1) is 6.35. The van der Waals surface area contributed by atoms with Crippen LogP contribution in [0.25, 0.3) is 0 Å². The molecule has 3 heteroatoms. The molecule has 0 unspecified atom stereocenters. The number of rotatable bonds is 9. The van der Waals surface area contributed by atoms with Crippen LogP contribution in [0, 0.1) is 0 Å². The predicted molar refractivity (Wildman–Crippen MR) is 72.4 cm³/mol. The standard InChI is InChI=1S/C10H22S3/c1-3-5-7-12-10(9-11)13-8-6-4-2/h10-11H,3-9H2,1-2H3. The second-order valence-corrected chi connectivity index (χ2v) is 6.35. The molecule has 80 valence electrons. The molecule has 0 saturated carbocycles. The Balaban J connectivity index is 3.28. The first-order valence-electron chi connectivity index (χ1n) is 5.19. The summed E-state index contributed by atoms with van der Waals surface area (Å²) in [6, 6.07) is 0. The maximum atomic E-state index is 4.38. The van der Waals surface area contributed by atoms with Crippen LogP contribution in [0.1, 0.15) is 39.5 Å². The number of unbranched alkanes of at least 4 members (excludes halogenated alkanes) is 2. The Morgan fingerprint density at radius 3 is 1.77 bits per heavy atom. The van der Waals surface area contributed by atoms with Crippen molar-refractivity contribution in [2.45, 2.75) is 44.1 Å². The highest BCUT2D eigenvalue weighted by atomic mass is 32.2. The van der Waals surface area contributed by atoms with Crippen LogP contribution in [0.5, 0.6) is 0 Å². The highest BCUT2D eigenvalue weighted by Gasteiger charge is 2.06. The minimum absolute atomic E-state index is 0.724. The van der Waals surface area contributed by atoms with Crippen LogP contribution in [-0.4, -0.2) is 21.8 Å². The highest BCUT2D eigenvalue weighted by Crippen LogP contribution is 2.26. The lowest BCUT2D eigenvalue weighted by Gasteiger charge is -2.12. The third-order valence-corrected chi connectivity index (χ3v) is 5.55. The van der Waals surface area contributed by atoms with Gasteiger partial charge in [-0.3, -0.25) is 0 Å². The van der Waals surface area contributed by atoms with Crippen LogP contribution in [0.15, 0.2) is 0 Å². The number of thioether (sulfide) groups is 2. The van der Waals surface area contributed by atoms with Gasteiger partial charge >= 0.3 is 0 Å². The van der Waals surface area contributed by atoms with Crippen LogP contribution >= 0.6 is 36.2 Å². The van der Waals surface area contributed by atoms with Gasteiger partial charge in [0.15, 0.2) is 0 Å². The molecule has 0 heterocycles. The van der Waals surface area contributed by atoms with Crippen molar-refractivity contribution < 1.29 is 0 Å². The smallest absolute Gasteiger partial charge is 0.0590 e. The third kappa shape index (κ3) is 9.36. The predicted octanol–water partition coefficient (Wildman–Crippen LogP) is 4.31. The molecule has 0 aliphatic heterocycles. The van der Waals surface area contributed by atoms with E-state index in [9.17, 15) is 0 Å². The summed E-state index contributed by atoms with van der Waals surface area (Å²) in [4.78, 5) is 0. The van der Waals surface area contributed by atoms with Crippen LogP contribution in [0.4, 0.5) is 0 Å². The molecule has 0 fully saturated rings. The highest BCUT2D eigenvalue weighted by molar-refractivity contribution is 8.17. The summed E-state index contributed by atoms with van der Waals surface area (Å²) < 4.78 is 0.724. The van der Waals surface area contributed by atoms with E-state index in [-0.39, 0.29) is 0 Å². The van der Waals surface area contributed by atoms with Crippen LogP contribution in [0.2, 0.25) is 0 Å². The molecule has 0 N–H and O–H groups in total. The van der Waals surface area contributed by atoms with Gasteiger partial charge in [-0.25, -0.2) is 0 Å². The Hall–Kier alpha value is 1.05. The molecule has 0 aromatic rings. The van der Waals surface area contributed by atoms with Crippen molar-refractivity contribution in [2.24, 2.45) is 0 Å². The fourth-order valence-corrected chi connectivity index (χ4v) is 4.11. The van der Waals surface area contributed by atoms with Crippen LogP contribution in [0.3, 0.4) is 0 Å². The van der Waals surface area contributed by atoms with Crippen molar-refractivity contribution in [3.63, 3.8) is 0 Å². The molecule has 0 rings (SSSR count).